The molecule has 0 radical (unpaired) electrons. The molecular formula is C19H25N5. The van der Waals surface area contributed by atoms with E-state index in [2.05, 4.69) is 27.6 Å². The fourth-order valence-corrected chi connectivity index (χ4v) is 2.49. The van der Waals surface area contributed by atoms with Crippen LogP contribution in [0.2, 0.25) is 0 Å². The molecule has 0 unspecified atom stereocenters. The lowest BCUT2D eigenvalue weighted by atomic mass is 10.0. The van der Waals surface area contributed by atoms with Crippen LogP contribution in [0.1, 0.15) is 44.0 Å². The van der Waals surface area contributed by atoms with Crippen molar-refractivity contribution in [2.45, 2.75) is 39.0 Å². The summed E-state index contributed by atoms with van der Waals surface area (Å²) in [5.74, 6) is 1.37. The molecule has 0 amide bonds. The quantitative estimate of drug-likeness (QED) is 0.778. The van der Waals surface area contributed by atoms with Gasteiger partial charge in [-0.2, -0.15) is 0 Å². The smallest absolute Gasteiger partial charge is 0.181 e. The Balaban J connectivity index is 2.19. The van der Waals surface area contributed by atoms with Crippen molar-refractivity contribution in [1.29, 1.82) is 0 Å². The molecule has 2 heterocycles. The van der Waals surface area contributed by atoms with Crippen LogP contribution in [0.5, 0.6) is 0 Å². The number of anilines is 2. The average Bonchev–Trinajstić information content (AvgIpc) is 2.86. The van der Waals surface area contributed by atoms with E-state index in [1.807, 2.05) is 31.4 Å². The molecule has 5 nitrogen and oxygen atoms in total. The number of nitrogens with zero attached hydrogens (tertiary/aromatic N) is 3. The van der Waals surface area contributed by atoms with Gasteiger partial charge in [0.2, 0.25) is 0 Å². The Hall–Kier alpha value is -2.69. The molecule has 0 fully saturated rings. The second-order valence-corrected chi connectivity index (χ2v) is 5.59. The third kappa shape index (κ3) is 4.65. The summed E-state index contributed by atoms with van der Waals surface area (Å²) in [6.45, 7) is 5.69. The molecule has 0 bridgehead atoms. The number of nitrogens with two attached hydrogens (primary N) is 2. The fourth-order valence-electron chi connectivity index (χ4n) is 2.49. The van der Waals surface area contributed by atoms with Crippen molar-refractivity contribution < 1.29 is 0 Å². The van der Waals surface area contributed by atoms with Crippen molar-refractivity contribution in [3.8, 4) is 0 Å². The molecule has 0 spiro atoms. The second kappa shape index (κ2) is 8.82. The highest BCUT2D eigenvalue weighted by atomic mass is 15.0. The first-order valence-electron chi connectivity index (χ1n) is 8.25. The number of hydrogen-bond donors (Lipinski definition) is 2. The predicted octanol–water partition coefficient (Wildman–Crippen LogP) is 3.86. The van der Waals surface area contributed by atoms with Gasteiger partial charge in [-0.3, -0.25) is 4.99 Å². The number of allylic oxidation sites excluding steroid dienone is 6. The van der Waals surface area contributed by atoms with Crippen LogP contribution in [0.15, 0.2) is 47.5 Å². The maximum Gasteiger partial charge on any atom is 0.181 e. The third-order valence-electron chi connectivity index (χ3n) is 3.89. The predicted molar refractivity (Wildman–Crippen MR) is 103 cm³/mol. The first-order valence-corrected chi connectivity index (χ1v) is 8.25. The first-order chi connectivity index (χ1) is 11.7. The summed E-state index contributed by atoms with van der Waals surface area (Å²) >= 11 is 0. The molecule has 0 saturated carbocycles. The maximum atomic E-state index is 6.13. The van der Waals surface area contributed by atoms with Crippen LogP contribution < -0.4 is 11.5 Å². The Morgan fingerprint density at radius 2 is 2.00 bits per heavy atom. The minimum absolute atomic E-state index is 0.431. The second-order valence-electron chi connectivity index (χ2n) is 5.59. The van der Waals surface area contributed by atoms with Gasteiger partial charge in [-0.05, 0) is 39.0 Å². The van der Waals surface area contributed by atoms with E-state index in [1.165, 1.54) is 5.57 Å². The van der Waals surface area contributed by atoms with Gasteiger partial charge in [0.1, 0.15) is 17.3 Å². The lowest BCUT2D eigenvalue weighted by Gasteiger charge is -2.10. The molecule has 5 heteroatoms. The normalized spacial score (nSPS) is 15.4. The number of hydrogen-bond acceptors (Lipinski definition) is 5. The van der Waals surface area contributed by atoms with Gasteiger partial charge in [0.25, 0.3) is 0 Å². The molecule has 1 aliphatic heterocycles. The van der Waals surface area contributed by atoms with E-state index in [4.69, 9.17) is 11.5 Å². The minimum atomic E-state index is 0.431. The molecule has 0 atom stereocenters. The molecule has 1 aliphatic rings. The lowest BCUT2D eigenvalue weighted by molar-refractivity contribution is 0.911. The summed E-state index contributed by atoms with van der Waals surface area (Å²) in [6.07, 6.45) is 16.2. The molecular weight excluding hydrogens is 298 g/mol. The zero-order valence-electron chi connectivity index (χ0n) is 14.2. The highest BCUT2D eigenvalue weighted by Crippen LogP contribution is 2.24. The SMILES string of the molecule is C=C/C=C\C(=C/C)CCc1c(N)nc(C2=CCCCC=N2)nc1N. The van der Waals surface area contributed by atoms with Gasteiger partial charge in [-0.1, -0.05) is 42.5 Å². The van der Waals surface area contributed by atoms with Crippen LogP contribution >= 0.6 is 0 Å². The van der Waals surface area contributed by atoms with E-state index in [1.54, 1.807) is 6.08 Å². The van der Waals surface area contributed by atoms with E-state index < -0.39 is 0 Å². The summed E-state index contributed by atoms with van der Waals surface area (Å²) in [7, 11) is 0. The zero-order valence-corrected chi connectivity index (χ0v) is 14.2. The van der Waals surface area contributed by atoms with Crippen molar-refractivity contribution in [3.63, 3.8) is 0 Å². The van der Waals surface area contributed by atoms with Crippen LogP contribution in [-0.2, 0) is 6.42 Å². The van der Waals surface area contributed by atoms with E-state index in [-0.39, 0.29) is 0 Å². The molecule has 24 heavy (non-hydrogen) atoms. The Kier molecular flexibility index (Phi) is 6.49. The summed E-state index contributed by atoms with van der Waals surface area (Å²) < 4.78 is 0. The molecule has 4 N–H and O–H groups in total. The van der Waals surface area contributed by atoms with Gasteiger partial charge in [0.05, 0.1) is 0 Å². The molecule has 1 aromatic rings. The lowest BCUT2D eigenvalue weighted by Crippen LogP contribution is -2.09. The standard InChI is InChI=1S/C19H25N5/c1-3-5-9-14(4-2)11-12-15-17(20)23-19(24-18(15)21)16-10-7-6-8-13-22-16/h3-5,9-10,13H,1,6-8,11-12H2,2H3,(H4,20,21,23,24)/b9-5-,14-4+. The van der Waals surface area contributed by atoms with Gasteiger partial charge in [-0.15, -0.1) is 0 Å². The van der Waals surface area contributed by atoms with Crippen LogP contribution in [0, 0.1) is 0 Å². The summed E-state index contributed by atoms with van der Waals surface area (Å²) in [4.78, 5) is 13.2. The molecule has 0 saturated heterocycles. The molecule has 126 valence electrons. The van der Waals surface area contributed by atoms with Crippen LogP contribution in [-0.4, -0.2) is 16.2 Å². The van der Waals surface area contributed by atoms with E-state index in [0.717, 1.165) is 36.9 Å². The first kappa shape index (κ1) is 17.7. The van der Waals surface area contributed by atoms with Gasteiger partial charge in [0.15, 0.2) is 5.82 Å². The molecule has 1 aromatic heterocycles. The maximum absolute atomic E-state index is 6.13. The van der Waals surface area contributed by atoms with Crippen molar-refractivity contribution in [2.24, 2.45) is 4.99 Å². The Morgan fingerprint density at radius 3 is 2.67 bits per heavy atom. The monoisotopic (exact) mass is 323 g/mol. The largest absolute Gasteiger partial charge is 0.383 e. The topological polar surface area (TPSA) is 90.2 Å². The Labute approximate surface area is 143 Å². The minimum Gasteiger partial charge on any atom is -0.383 e. The number of nitrogen functional groups attached to an aromatic ring is 2. The van der Waals surface area contributed by atoms with Crippen LogP contribution in [0.4, 0.5) is 11.6 Å². The van der Waals surface area contributed by atoms with Crippen LogP contribution in [0.25, 0.3) is 5.70 Å². The number of aliphatic imine (C=N–C) groups is 1. The average molecular weight is 323 g/mol. The van der Waals surface area contributed by atoms with E-state index in [9.17, 15) is 0 Å². The van der Waals surface area contributed by atoms with Gasteiger partial charge in [-0.25, -0.2) is 9.97 Å². The highest BCUT2D eigenvalue weighted by Gasteiger charge is 2.13. The fraction of sp³-hybridized carbons (Fsp3) is 0.316. The van der Waals surface area contributed by atoms with Crippen molar-refractivity contribution in [1.82, 2.24) is 9.97 Å². The Bertz CT molecular complexity index is 687. The highest BCUT2D eigenvalue weighted by molar-refractivity contribution is 5.73. The third-order valence-corrected chi connectivity index (χ3v) is 3.89. The van der Waals surface area contributed by atoms with E-state index in [0.29, 0.717) is 23.9 Å². The Morgan fingerprint density at radius 1 is 1.25 bits per heavy atom. The summed E-state index contributed by atoms with van der Waals surface area (Å²) in [5.41, 5.74) is 15.0. The number of aromatic nitrogens is 2. The van der Waals surface area contributed by atoms with Crippen molar-refractivity contribution in [2.75, 3.05) is 11.5 Å². The number of rotatable bonds is 6. The molecule has 2 rings (SSSR count). The van der Waals surface area contributed by atoms with Gasteiger partial charge >= 0.3 is 0 Å². The van der Waals surface area contributed by atoms with E-state index >= 15 is 0 Å². The zero-order chi connectivity index (χ0) is 17.4. The van der Waals surface area contributed by atoms with Crippen molar-refractivity contribution in [3.05, 3.63) is 53.9 Å². The summed E-state index contributed by atoms with van der Waals surface area (Å²) in [6, 6.07) is 0. The van der Waals surface area contributed by atoms with Crippen molar-refractivity contribution >= 4 is 23.5 Å². The molecule has 0 aromatic carbocycles. The van der Waals surface area contributed by atoms with Gasteiger partial charge < -0.3 is 11.5 Å². The van der Waals surface area contributed by atoms with Gasteiger partial charge in [0, 0.05) is 11.8 Å². The van der Waals surface area contributed by atoms with Crippen LogP contribution in [0.3, 0.4) is 0 Å². The molecule has 0 aliphatic carbocycles. The summed E-state index contributed by atoms with van der Waals surface area (Å²) in [5, 5.41) is 0.